The Labute approximate surface area is 138 Å². The summed E-state index contributed by atoms with van der Waals surface area (Å²) in [5.74, 6) is 2.49. The average molecular weight is 313 g/mol. The minimum Gasteiger partial charge on any atom is -0.388 e. The van der Waals surface area contributed by atoms with Gasteiger partial charge >= 0.3 is 0 Å². The van der Waals surface area contributed by atoms with Gasteiger partial charge < -0.3 is 10.0 Å². The molecule has 2 bridgehead atoms. The molecule has 1 N–H and O–H groups in total. The summed E-state index contributed by atoms with van der Waals surface area (Å²) < 4.78 is 0. The number of likely N-dealkylation sites (tertiary alicyclic amines) is 1. The summed E-state index contributed by atoms with van der Waals surface area (Å²) in [4.78, 5) is 14.9. The molecular weight excluding hydrogens is 286 g/mol. The van der Waals surface area contributed by atoms with Crippen LogP contribution in [0.3, 0.4) is 0 Å². The molecule has 1 heterocycles. The van der Waals surface area contributed by atoms with Crippen LogP contribution in [-0.4, -0.2) is 29.0 Å². The van der Waals surface area contributed by atoms with Crippen LogP contribution in [0.4, 0.5) is 0 Å². The van der Waals surface area contributed by atoms with Crippen LogP contribution in [0.15, 0.2) is 30.3 Å². The number of fused-ring (bicyclic) bond motifs is 2. The molecule has 2 aliphatic carbocycles. The standard InChI is InChI=1S/C20H27NO2/c22-19(15-4-2-1-3-5-15)16-8-10-21(11-9-16)20(23)18-13-14-6-7-17(18)12-14/h1-5,14,16-19,22H,6-13H2. The fraction of sp³-hybridized carbons (Fsp3) is 0.650. The van der Waals surface area contributed by atoms with E-state index in [1.807, 2.05) is 30.3 Å². The second-order valence-corrected chi connectivity index (χ2v) is 7.80. The molecule has 0 radical (unpaired) electrons. The van der Waals surface area contributed by atoms with E-state index in [-0.39, 0.29) is 5.92 Å². The van der Waals surface area contributed by atoms with E-state index in [0.29, 0.717) is 17.7 Å². The van der Waals surface area contributed by atoms with E-state index in [4.69, 9.17) is 0 Å². The quantitative estimate of drug-likeness (QED) is 0.929. The summed E-state index contributed by atoms with van der Waals surface area (Å²) in [7, 11) is 0. The Bertz CT molecular complexity index is 550. The zero-order valence-electron chi connectivity index (χ0n) is 13.7. The van der Waals surface area contributed by atoms with Crippen molar-refractivity contribution >= 4 is 5.91 Å². The molecule has 3 nitrogen and oxygen atoms in total. The molecular formula is C20H27NO2. The van der Waals surface area contributed by atoms with Crippen molar-refractivity contribution in [1.29, 1.82) is 0 Å². The molecule has 1 amide bonds. The van der Waals surface area contributed by atoms with Crippen molar-refractivity contribution in [1.82, 2.24) is 4.90 Å². The van der Waals surface area contributed by atoms with Crippen molar-refractivity contribution in [2.75, 3.05) is 13.1 Å². The highest BCUT2D eigenvalue weighted by Crippen LogP contribution is 2.49. The first-order valence-electron chi connectivity index (χ1n) is 9.24. The van der Waals surface area contributed by atoms with Crippen molar-refractivity contribution in [3.63, 3.8) is 0 Å². The fourth-order valence-electron chi connectivity index (χ4n) is 5.14. The maximum atomic E-state index is 12.8. The number of hydrogen-bond acceptors (Lipinski definition) is 2. The Morgan fingerprint density at radius 2 is 1.78 bits per heavy atom. The van der Waals surface area contributed by atoms with E-state index in [9.17, 15) is 9.90 Å². The molecule has 1 aromatic rings. The Morgan fingerprint density at radius 1 is 1.04 bits per heavy atom. The van der Waals surface area contributed by atoms with Gasteiger partial charge in [0.05, 0.1) is 6.10 Å². The van der Waals surface area contributed by atoms with Gasteiger partial charge in [0, 0.05) is 19.0 Å². The lowest BCUT2D eigenvalue weighted by molar-refractivity contribution is -0.139. The van der Waals surface area contributed by atoms with Gasteiger partial charge in [-0.25, -0.2) is 0 Å². The summed E-state index contributed by atoms with van der Waals surface area (Å²) in [5, 5.41) is 10.6. The van der Waals surface area contributed by atoms with Gasteiger partial charge in [-0.1, -0.05) is 36.8 Å². The molecule has 4 unspecified atom stereocenters. The predicted octanol–water partition coefficient (Wildman–Crippen LogP) is 3.39. The van der Waals surface area contributed by atoms with E-state index in [0.717, 1.165) is 43.8 Å². The number of aliphatic hydroxyl groups excluding tert-OH is 1. The van der Waals surface area contributed by atoms with Gasteiger partial charge in [-0.15, -0.1) is 0 Å². The molecule has 2 saturated carbocycles. The van der Waals surface area contributed by atoms with Crippen LogP contribution in [0.1, 0.15) is 50.2 Å². The number of rotatable bonds is 3. The topological polar surface area (TPSA) is 40.5 Å². The van der Waals surface area contributed by atoms with Crippen molar-refractivity contribution in [3.8, 4) is 0 Å². The molecule has 1 aliphatic heterocycles. The SMILES string of the molecule is O=C(C1CC2CCC1C2)N1CCC(C(O)c2ccccc2)CC1. The summed E-state index contributed by atoms with van der Waals surface area (Å²) in [6.07, 6.45) is 6.49. The minimum atomic E-state index is -0.393. The summed E-state index contributed by atoms with van der Waals surface area (Å²) in [5.41, 5.74) is 1.00. The first-order valence-corrected chi connectivity index (χ1v) is 9.24. The van der Waals surface area contributed by atoms with Gasteiger partial charge in [-0.2, -0.15) is 0 Å². The van der Waals surface area contributed by atoms with Gasteiger partial charge in [0.15, 0.2) is 0 Å². The monoisotopic (exact) mass is 313 g/mol. The number of benzene rings is 1. The van der Waals surface area contributed by atoms with Gasteiger partial charge in [-0.05, 0) is 55.4 Å². The lowest BCUT2D eigenvalue weighted by Crippen LogP contribution is -2.43. The number of carbonyl (C=O) groups excluding carboxylic acids is 1. The molecule has 0 spiro atoms. The zero-order chi connectivity index (χ0) is 15.8. The van der Waals surface area contributed by atoms with E-state index in [2.05, 4.69) is 4.90 Å². The van der Waals surface area contributed by atoms with Crippen LogP contribution < -0.4 is 0 Å². The highest BCUT2D eigenvalue weighted by Gasteiger charge is 2.44. The van der Waals surface area contributed by atoms with Crippen molar-refractivity contribution in [3.05, 3.63) is 35.9 Å². The first kappa shape index (κ1) is 15.2. The summed E-state index contributed by atoms with van der Waals surface area (Å²) in [6, 6.07) is 9.93. The lowest BCUT2D eigenvalue weighted by Gasteiger charge is -2.37. The molecule has 3 aliphatic rings. The average Bonchev–Trinajstić information content (AvgIpc) is 3.25. The van der Waals surface area contributed by atoms with Gasteiger partial charge in [0.2, 0.25) is 5.91 Å². The largest absolute Gasteiger partial charge is 0.388 e. The van der Waals surface area contributed by atoms with E-state index >= 15 is 0 Å². The molecule has 4 rings (SSSR count). The normalized spacial score (nSPS) is 32.2. The third kappa shape index (κ3) is 2.91. The molecule has 124 valence electrons. The van der Waals surface area contributed by atoms with Gasteiger partial charge in [0.1, 0.15) is 0 Å². The Kier molecular flexibility index (Phi) is 4.14. The highest BCUT2D eigenvalue weighted by atomic mass is 16.3. The number of piperidine rings is 1. The molecule has 1 aromatic carbocycles. The molecule has 23 heavy (non-hydrogen) atoms. The van der Waals surface area contributed by atoms with Crippen LogP contribution in [-0.2, 0) is 4.79 Å². The van der Waals surface area contributed by atoms with E-state index < -0.39 is 6.10 Å². The van der Waals surface area contributed by atoms with Crippen molar-refractivity contribution < 1.29 is 9.90 Å². The lowest BCUT2D eigenvalue weighted by atomic mass is 9.85. The second-order valence-electron chi connectivity index (χ2n) is 7.80. The van der Waals surface area contributed by atoms with Crippen molar-refractivity contribution in [2.45, 2.75) is 44.6 Å². The molecule has 4 atom stereocenters. The third-order valence-electron chi connectivity index (χ3n) is 6.49. The van der Waals surface area contributed by atoms with Gasteiger partial charge in [-0.3, -0.25) is 4.79 Å². The number of carbonyl (C=O) groups is 1. The summed E-state index contributed by atoms with van der Waals surface area (Å²) in [6.45, 7) is 1.64. The predicted molar refractivity (Wildman–Crippen MR) is 89.6 cm³/mol. The van der Waals surface area contributed by atoms with Crippen molar-refractivity contribution in [2.24, 2.45) is 23.7 Å². The molecule has 3 heteroatoms. The van der Waals surface area contributed by atoms with Gasteiger partial charge in [0.25, 0.3) is 0 Å². The smallest absolute Gasteiger partial charge is 0.225 e. The summed E-state index contributed by atoms with van der Waals surface area (Å²) >= 11 is 0. The van der Waals surface area contributed by atoms with E-state index in [1.54, 1.807) is 0 Å². The zero-order valence-corrected chi connectivity index (χ0v) is 13.7. The second kappa shape index (κ2) is 6.27. The first-order chi connectivity index (χ1) is 11.2. The van der Waals surface area contributed by atoms with Crippen LogP contribution in [0.25, 0.3) is 0 Å². The molecule has 1 saturated heterocycles. The van der Waals surface area contributed by atoms with Crippen LogP contribution >= 0.6 is 0 Å². The Balaban J connectivity index is 1.33. The van der Waals surface area contributed by atoms with Crippen LogP contribution in [0.2, 0.25) is 0 Å². The third-order valence-corrected chi connectivity index (χ3v) is 6.49. The Morgan fingerprint density at radius 3 is 2.39 bits per heavy atom. The van der Waals surface area contributed by atoms with Crippen LogP contribution in [0.5, 0.6) is 0 Å². The maximum absolute atomic E-state index is 12.8. The van der Waals surface area contributed by atoms with E-state index in [1.165, 1.54) is 19.3 Å². The number of nitrogens with zero attached hydrogens (tertiary/aromatic N) is 1. The maximum Gasteiger partial charge on any atom is 0.225 e. The Hall–Kier alpha value is -1.35. The molecule has 3 fully saturated rings. The number of aliphatic hydroxyl groups is 1. The van der Waals surface area contributed by atoms with Crippen LogP contribution in [0, 0.1) is 23.7 Å². The minimum absolute atomic E-state index is 0.279. The number of hydrogen-bond donors (Lipinski definition) is 1. The number of amides is 1. The fourth-order valence-corrected chi connectivity index (χ4v) is 5.14. The highest BCUT2D eigenvalue weighted by molar-refractivity contribution is 5.79. The molecule has 0 aromatic heterocycles.